The van der Waals surface area contributed by atoms with Crippen LogP contribution in [-0.2, 0) is 14.3 Å². The van der Waals surface area contributed by atoms with Gasteiger partial charge < -0.3 is 20.3 Å². The van der Waals surface area contributed by atoms with Crippen LogP contribution in [0.3, 0.4) is 0 Å². The quantitative estimate of drug-likeness (QED) is 0.0321. The average Bonchev–Trinajstić information content (AvgIpc) is 3.32. The van der Waals surface area contributed by atoms with E-state index in [2.05, 4.69) is 43.5 Å². The Labute approximate surface area is 411 Å². The fraction of sp³-hybridized carbons (Fsp3) is 0.867. The zero-order chi connectivity index (χ0) is 47.9. The molecule has 388 valence electrons. The van der Waals surface area contributed by atoms with Gasteiger partial charge in [-0.25, -0.2) is 0 Å². The largest absolute Gasteiger partial charge is 0.466 e. The number of nitrogens with one attached hydrogen (secondary N) is 1. The molecule has 1 amide bonds. The maximum atomic E-state index is 12.5. The molecule has 0 heterocycles. The summed E-state index contributed by atoms with van der Waals surface area (Å²) in [6.07, 6.45) is 68.8. The number of carbonyl (C=O) groups is 2. The zero-order valence-electron chi connectivity index (χ0n) is 44.2. The Morgan fingerprint density at radius 1 is 0.409 bits per heavy atom. The molecule has 0 rings (SSSR count). The molecule has 0 spiro atoms. The molecule has 2 atom stereocenters. The summed E-state index contributed by atoms with van der Waals surface area (Å²) in [6.45, 7) is 4.85. The SMILES string of the molecule is CCCCCC/C=C\CCCCCCCC(=O)OCCCCCCCC/C=C\CCCCCC(=O)NC(CO)C(O)/C=C/CCCCCCCCCCCCCCCCCCCCCCC. The molecule has 0 aromatic heterocycles. The molecule has 66 heavy (non-hydrogen) atoms. The first kappa shape index (κ1) is 64.1. The number of esters is 1. The second-order valence-corrected chi connectivity index (χ2v) is 20.0. The van der Waals surface area contributed by atoms with Crippen molar-refractivity contribution in [2.24, 2.45) is 0 Å². The maximum absolute atomic E-state index is 12.5. The van der Waals surface area contributed by atoms with Gasteiger partial charge in [0.2, 0.25) is 5.91 Å². The monoisotopic (exact) mass is 928 g/mol. The molecule has 0 aliphatic carbocycles. The first-order chi connectivity index (χ1) is 32.5. The molecule has 0 aromatic rings. The van der Waals surface area contributed by atoms with E-state index in [9.17, 15) is 19.8 Å². The van der Waals surface area contributed by atoms with Crippen LogP contribution in [0.4, 0.5) is 0 Å². The summed E-state index contributed by atoms with van der Waals surface area (Å²) in [5, 5.41) is 23.2. The number of carbonyl (C=O) groups excluding carboxylic acids is 2. The summed E-state index contributed by atoms with van der Waals surface area (Å²) in [4.78, 5) is 24.5. The van der Waals surface area contributed by atoms with Crippen LogP contribution in [0.25, 0.3) is 0 Å². The van der Waals surface area contributed by atoms with Crippen molar-refractivity contribution in [1.82, 2.24) is 5.32 Å². The third-order valence-corrected chi connectivity index (χ3v) is 13.4. The number of rotatable bonds is 54. The fourth-order valence-corrected chi connectivity index (χ4v) is 8.86. The van der Waals surface area contributed by atoms with E-state index in [0.29, 0.717) is 19.4 Å². The summed E-state index contributed by atoms with van der Waals surface area (Å²) < 4.78 is 5.45. The molecule has 0 aromatic carbocycles. The van der Waals surface area contributed by atoms with Gasteiger partial charge in [0.15, 0.2) is 0 Å². The molecule has 2 unspecified atom stereocenters. The van der Waals surface area contributed by atoms with Gasteiger partial charge in [-0.2, -0.15) is 0 Å². The highest BCUT2D eigenvalue weighted by molar-refractivity contribution is 5.76. The Hall–Kier alpha value is -1.92. The molecular formula is C60H113NO5. The van der Waals surface area contributed by atoms with Crippen molar-refractivity contribution in [2.45, 2.75) is 321 Å². The minimum Gasteiger partial charge on any atom is -0.466 e. The van der Waals surface area contributed by atoms with Crippen LogP contribution in [-0.4, -0.2) is 47.4 Å². The number of hydrogen-bond donors (Lipinski definition) is 3. The van der Waals surface area contributed by atoms with Crippen molar-refractivity contribution in [3.8, 4) is 0 Å². The summed E-state index contributed by atoms with van der Waals surface area (Å²) in [7, 11) is 0. The van der Waals surface area contributed by atoms with E-state index in [1.165, 1.54) is 212 Å². The lowest BCUT2D eigenvalue weighted by molar-refractivity contribution is -0.143. The van der Waals surface area contributed by atoms with Crippen molar-refractivity contribution in [2.75, 3.05) is 13.2 Å². The Morgan fingerprint density at radius 2 is 0.712 bits per heavy atom. The molecule has 0 aliphatic rings. The summed E-state index contributed by atoms with van der Waals surface area (Å²) in [5.41, 5.74) is 0. The van der Waals surface area contributed by atoms with Crippen LogP contribution >= 0.6 is 0 Å². The lowest BCUT2D eigenvalue weighted by Gasteiger charge is -2.19. The van der Waals surface area contributed by atoms with Gasteiger partial charge in [-0.1, -0.05) is 249 Å². The van der Waals surface area contributed by atoms with Crippen LogP contribution < -0.4 is 5.32 Å². The first-order valence-electron chi connectivity index (χ1n) is 29.3. The Balaban J connectivity index is 3.53. The fourth-order valence-electron chi connectivity index (χ4n) is 8.86. The number of aliphatic hydroxyl groups is 2. The topological polar surface area (TPSA) is 95.9 Å². The van der Waals surface area contributed by atoms with E-state index in [-0.39, 0.29) is 18.5 Å². The van der Waals surface area contributed by atoms with Crippen molar-refractivity contribution in [3.05, 3.63) is 36.5 Å². The lowest BCUT2D eigenvalue weighted by atomic mass is 10.0. The van der Waals surface area contributed by atoms with Crippen LogP contribution in [0, 0.1) is 0 Å². The Kier molecular flexibility index (Phi) is 54.1. The number of aliphatic hydroxyl groups excluding tert-OH is 2. The van der Waals surface area contributed by atoms with Crippen LogP contribution in [0.2, 0.25) is 0 Å². The van der Waals surface area contributed by atoms with Crippen molar-refractivity contribution in [3.63, 3.8) is 0 Å². The van der Waals surface area contributed by atoms with Gasteiger partial charge in [0, 0.05) is 12.8 Å². The highest BCUT2D eigenvalue weighted by Crippen LogP contribution is 2.17. The van der Waals surface area contributed by atoms with Gasteiger partial charge >= 0.3 is 5.97 Å². The maximum Gasteiger partial charge on any atom is 0.305 e. The van der Waals surface area contributed by atoms with E-state index in [1.54, 1.807) is 6.08 Å². The molecule has 0 aliphatic heterocycles. The minimum absolute atomic E-state index is 0.0231. The number of amides is 1. The highest BCUT2D eigenvalue weighted by Gasteiger charge is 2.18. The predicted octanol–water partition coefficient (Wildman–Crippen LogP) is 18.0. The van der Waals surface area contributed by atoms with Gasteiger partial charge in [-0.15, -0.1) is 0 Å². The molecule has 3 N–H and O–H groups in total. The van der Waals surface area contributed by atoms with Gasteiger partial charge in [-0.3, -0.25) is 9.59 Å². The first-order valence-corrected chi connectivity index (χ1v) is 29.3. The predicted molar refractivity (Wildman–Crippen MR) is 287 cm³/mol. The van der Waals surface area contributed by atoms with E-state index >= 15 is 0 Å². The second kappa shape index (κ2) is 55.7. The van der Waals surface area contributed by atoms with E-state index in [0.717, 1.165) is 70.6 Å². The van der Waals surface area contributed by atoms with Gasteiger partial charge in [-0.05, 0) is 83.5 Å². The average molecular weight is 929 g/mol. The molecule has 0 bridgehead atoms. The summed E-state index contributed by atoms with van der Waals surface area (Å²) >= 11 is 0. The number of ether oxygens (including phenoxy) is 1. The molecule has 0 saturated heterocycles. The van der Waals surface area contributed by atoms with E-state index in [4.69, 9.17) is 4.74 Å². The summed E-state index contributed by atoms with van der Waals surface area (Å²) in [5.74, 6) is -0.119. The molecular weight excluding hydrogens is 815 g/mol. The highest BCUT2D eigenvalue weighted by atomic mass is 16.5. The van der Waals surface area contributed by atoms with Gasteiger partial charge in [0.1, 0.15) is 0 Å². The normalized spacial score (nSPS) is 12.8. The Bertz CT molecular complexity index is 1070. The van der Waals surface area contributed by atoms with Crippen molar-refractivity contribution in [1.29, 1.82) is 0 Å². The van der Waals surface area contributed by atoms with Crippen molar-refractivity contribution < 1.29 is 24.5 Å². The standard InChI is InChI=1S/C60H113NO5/c1-3-5-7-9-11-13-15-17-18-19-20-21-22-23-24-25-26-29-32-36-40-44-48-52-58(63)57(56-62)61-59(64)53-49-45-41-37-33-30-27-31-35-39-43-47-51-55-66-60(65)54-50-46-42-38-34-28-16-14-12-10-8-6-4-2/h14,16,30,33,48,52,57-58,62-63H,3-13,15,17-29,31-32,34-47,49-51,53-56H2,1-2H3,(H,61,64)/b16-14-,33-30-,52-48+. The second-order valence-electron chi connectivity index (χ2n) is 20.0. The summed E-state index contributed by atoms with van der Waals surface area (Å²) in [6, 6.07) is -0.650. The Morgan fingerprint density at radius 3 is 1.11 bits per heavy atom. The third-order valence-electron chi connectivity index (χ3n) is 13.4. The van der Waals surface area contributed by atoms with Crippen LogP contribution in [0.15, 0.2) is 36.5 Å². The smallest absolute Gasteiger partial charge is 0.305 e. The molecule has 6 heteroatoms. The molecule has 0 radical (unpaired) electrons. The molecule has 0 fully saturated rings. The molecule has 0 saturated carbocycles. The number of allylic oxidation sites excluding steroid dienone is 5. The van der Waals surface area contributed by atoms with Crippen LogP contribution in [0.1, 0.15) is 309 Å². The van der Waals surface area contributed by atoms with Crippen LogP contribution in [0.5, 0.6) is 0 Å². The number of unbranched alkanes of at least 4 members (excludes halogenated alkanes) is 39. The van der Waals surface area contributed by atoms with Gasteiger partial charge in [0.05, 0.1) is 25.4 Å². The van der Waals surface area contributed by atoms with Gasteiger partial charge in [0.25, 0.3) is 0 Å². The van der Waals surface area contributed by atoms with E-state index in [1.807, 2.05) is 6.08 Å². The van der Waals surface area contributed by atoms with Crippen molar-refractivity contribution >= 4 is 11.9 Å². The zero-order valence-corrected chi connectivity index (χ0v) is 44.2. The van der Waals surface area contributed by atoms with E-state index < -0.39 is 12.1 Å². The third kappa shape index (κ3) is 51.5. The minimum atomic E-state index is -0.863. The number of hydrogen-bond acceptors (Lipinski definition) is 5. The lowest BCUT2D eigenvalue weighted by Crippen LogP contribution is -2.45. The molecule has 6 nitrogen and oxygen atoms in total.